The van der Waals surface area contributed by atoms with Gasteiger partial charge in [-0.25, -0.2) is 4.39 Å². The minimum Gasteiger partial charge on any atom is -0.390 e. The van der Waals surface area contributed by atoms with Crippen LogP contribution in [0, 0.1) is 17.7 Å². The molecule has 0 aliphatic carbocycles. The van der Waals surface area contributed by atoms with E-state index in [2.05, 4.69) is 16.7 Å². The van der Waals surface area contributed by atoms with Gasteiger partial charge in [0.2, 0.25) is 0 Å². The fraction of sp³-hybridized carbons (Fsp3) is 0.500. The zero-order chi connectivity index (χ0) is 14.6. The lowest BCUT2D eigenvalue weighted by molar-refractivity contribution is -0.00731. The van der Waals surface area contributed by atoms with E-state index >= 15 is 0 Å². The molecule has 0 amide bonds. The average Bonchev–Trinajstić information content (AvgIpc) is 2.41. The van der Waals surface area contributed by atoms with E-state index in [1.165, 1.54) is 12.1 Å². The van der Waals surface area contributed by atoms with Crippen LogP contribution in [0.5, 0.6) is 0 Å². The molecule has 1 fully saturated rings. The van der Waals surface area contributed by atoms with Gasteiger partial charge in [0, 0.05) is 25.2 Å². The van der Waals surface area contributed by atoms with Crippen LogP contribution < -0.4 is 5.73 Å². The number of halogens is 1. The van der Waals surface area contributed by atoms with Crippen molar-refractivity contribution in [3.05, 3.63) is 35.1 Å². The number of nitrogens with two attached hydrogens (primary N) is 1. The molecule has 2 rings (SSSR count). The van der Waals surface area contributed by atoms with Crippen molar-refractivity contribution in [3.63, 3.8) is 0 Å². The molecule has 20 heavy (non-hydrogen) atoms. The summed E-state index contributed by atoms with van der Waals surface area (Å²) in [4.78, 5) is 2.26. The van der Waals surface area contributed by atoms with Crippen LogP contribution in [0.4, 0.5) is 4.39 Å². The predicted octanol–water partition coefficient (Wildman–Crippen LogP) is 1.48. The Kier molecular flexibility index (Phi) is 4.77. The van der Waals surface area contributed by atoms with Crippen LogP contribution in [0.3, 0.4) is 0 Å². The molecule has 1 saturated heterocycles. The molecule has 1 aromatic rings. The lowest BCUT2D eigenvalue weighted by atomic mass is 9.93. The Morgan fingerprint density at radius 1 is 1.40 bits per heavy atom. The minimum atomic E-state index is -0.554. The van der Waals surface area contributed by atoms with E-state index in [1.807, 2.05) is 6.92 Å². The van der Waals surface area contributed by atoms with Gasteiger partial charge in [0.25, 0.3) is 0 Å². The Hall–Kier alpha value is -1.41. The quantitative estimate of drug-likeness (QED) is 0.805. The summed E-state index contributed by atoms with van der Waals surface area (Å²) < 4.78 is 13.3. The van der Waals surface area contributed by atoms with Gasteiger partial charge in [-0.3, -0.25) is 4.90 Å². The number of benzene rings is 1. The first-order valence-corrected chi connectivity index (χ1v) is 6.92. The normalized spacial score (nSPS) is 18.4. The average molecular weight is 276 g/mol. The maximum Gasteiger partial charge on any atom is 0.124 e. The summed E-state index contributed by atoms with van der Waals surface area (Å²) >= 11 is 0. The maximum absolute atomic E-state index is 13.3. The van der Waals surface area contributed by atoms with Crippen molar-refractivity contribution in [1.29, 1.82) is 0 Å². The SMILES string of the molecule is CC1(O)CCN(Cc2ccc(F)cc2C#CCN)CC1. The molecule has 0 saturated carbocycles. The Morgan fingerprint density at radius 3 is 2.75 bits per heavy atom. The summed E-state index contributed by atoms with van der Waals surface area (Å²) in [5.74, 6) is 5.42. The maximum atomic E-state index is 13.3. The monoisotopic (exact) mass is 276 g/mol. The summed E-state index contributed by atoms with van der Waals surface area (Å²) in [6.07, 6.45) is 1.52. The van der Waals surface area contributed by atoms with Crippen molar-refractivity contribution >= 4 is 0 Å². The van der Waals surface area contributed by atoms with Crippen molar-refractivity contribution in [2.45, 2.75) is 31.9 Å². The summed E-state index contributed by atoms with van der Waals surface area (Å²) in [6.45, 7) is 4.55. The van der Waals surface area contributed by atoms with Gasteiger partial charge in [0.1, 0.15) is 5.82 Å². The second-order valence-electron chi connectivity index (χ2n) is 5.58. The van der Waals surface area contributed by atoms with Crippen LogP contribution in [0.1, 0.15) is 30.9 Å². The van der Waals surface area contributed by atoms with Crippen LogP contribution in [0.2, 0.25) is 0 Å². The second kappa shape index (κ2) is 6.36. The van der Waals surface area contributed by atoms with Crippen molar-refractivity contribution in [1.82, 2.24) is 4.90 Å². The van der Waals surface area contributed by atoms with E-state index in [-0.39, 0.29) is 12.4 Å². The molecule has 1 aliphatic rings. The van der Waals surface area contributed by atoms with E-state index < -0.39 is 5.60 Å². The van der Waals surface area contributed by atoms with Crippen LogP contribution >= 0.6 is 0 Å². The molecule has 0 atom stereocenters. The third kappa shape index (κ3) is 4.04. The molecule has 0 bridgehead atoms. The van der Waals surface area contributed by atoms with E-state index in [9.17, 15) is 9.50 Å². The molecule has 1 aromatic carbocycles. The lowest BCUT2D eigenvalue weighted by Gasteiger charge is -2.35. The van der Waals surface area contributed by atoms with Crippen LogP contribution in [-0.4, -0.2) is 35.2 Å². The van der Waals surface area contributed by atoms with Crippen molar-refractivity contribution in [2.75, 3.05) is 19.6 Å². The lowest BCUT2D eigenvalue weighted by Crippen LogP contribution is -2.42. The predicted molar refractivity (Wildman–Crippen MR) is 77.5 cm³/mol. The third-order valence-electron chi connectivity index (χ3n) is 3.72. The first kappa shape index (κ1) is 15.0. The van der Waals surface area contributed by atoms with Crippen LogP contribution in [-0.2, 0) is 6.54 Å². The van der Waals surface area contributed by atoms with Crippen molar-refractivity contribution in [3.8, 4) is 11.8 Å². The molecule has 4 heteroatoms. The van der Waals surface area contributed by atoms with Crippen LogP contribution in [0.15, 0.2) is 18.2 Å². The van der Waals surface area contributed by atoms with Gasteiger partial charge in [-0.2, -0.15) is 0 Å². The topological polar surface area (TPSA) is 49.5 Å². The summed E-state index contributed by atoms with van der Waals surface area (Å²) in [6, 6.07) is 4.70. The molecule has 3 N–H and O–H groups in total. The zero-order valence-corrected chi connectivity index (χ0v) is 11.8. The van der Waals surface area contributed by atoms with Gasteiger partial charge < -0.3 is 10.8 Å². The zero-order valence-electron chi connectivity index (χ0n) is 11.8. The Balaban J connectivity index is 2.09. The highest BCUT2D eigenvalue weighted by Gasteiger charge is 2.27. The summed E-state index contributed by atoms with van der Waals surface area (Å²) in [5.41, 5.74) is 6.53. The molecular formula is C16H21FN2O. The van der Waals surface area contributed by atoms with Gasteiger partial charge in [0.15, 0.2) is 0 Å². The number of piperidine rings is 1. The first-order valence-electron chi connectivity index (χ1n) is 6.92. The summed E-state index contributed by atoms with van der Waals surface area (Å²) in [5, 5.41) is 9.95. The number of hydrogen-bond donors (Lipinski definition) is 2. The smallest absolute Gasteiger partial charge is 0.124 e. The van der Waals surface area contributed by atoms with Crippen molar-refractivity contribution in [2.24, 2.45) is 5.73 Å². The molecule has 0 unspecified atom stereocenters. The van der Waals surface area contributed by atoms with Crippen LogP contribution in [0.25, 0.3) is 0 Å². The van der Waals surface area contributed by atoms with Gasteiger partial charge in [-0.15, -0.1) is 0 Å². The Labute approximate surface area is 119 Å². The van der Waals surface area contributed by atoms with E-state index in [0.29, 0.717) is 5.56 Å². The molecule has 0 radical (unpaired) electrons. The largest absolute Gasteiger partial charge is 0.390 e. The number of aliphatic hydroxyl groups is 1. The molecule has 1 heterocycles. The van der Waals surface area contributed by atoms with Crippen molar-refractivity contribution < 1.29 is 9.50 Å². The number of hydrogen-bond acceptors (Lipinski definition) is 3. The highest BCUT2D eigenvalue weighted by molar-refractivity contribution is 5.42. The highest BCUT2D eigenvalue weighted by atomic mass is 19.1. The molecule has 1 aliphatic heterocycles. The minimum absolute atomic E-state index is 0.266. The van der Waals surface area contributed by atoms with E-state index in [4.69, 9.17) is 5.73 Å². The molecule has 0 aromatic heterocycles. The molecule has 3 nitrogen and oxygen atoms in total. The van der Waals surface area contributed by atoms with Gasteiger partial charge >= 0.3 is 0 Å². The highest BCUT2D eigenvalue weighted by Crippen LogP contribution is 2.23. The van der Waals surface area contributed by atoms with Gasteiger partial charge in [-0.05, 0) is 37.5 Å². The standard InChI is InChI=1S/C16H21FN2O/c1-16(20)6-9-19(10-7-16)12-14-4-5-15(17)11-13(14)3-2-8-18/h4-5,11,20H,6-10,12,18H2,1H3. The fourth-order valence-corrected chi connectivity index (χ4v) is 2.38. The van der Waals surface area contributed by atoms with Gasteiger partial charge in [0.05, 0.1) is 12.1 Å². The Morgan fingerprint density at radius 2 is 2.10 bits per heavy atom. The molecular weight excluding hydrogens is 255 g/mol. The Bertz CT molecular complexity index is 521. The summed E-state index contributed by atoms with van der Waals surface area (Å²) in [7, 11) is 0. The molecule has 108 valence electrons. The van der Waals surface area contributed by atoms with E-state index in [1.54, 1.807) is 6.07 Å². The fourth-order valence-electron chi connectivity index (χ4n) is 2.38. The van der Waals surface area contributed by atoms with Gasteiger partial charge in [-0.1, -0.05) is 17.9 Å². The second-order valence-corrected chi connectivity index (χ2v) is 5.58. The third-order valence-corrected chi connectivity index (χ3v) is 3.72. The van der Waals surface area contributed by atoms with E-state index in [0.717, 1.165) is 38.0 Å². The number of rotatable bonds is 2. The first-order chi connectivity index (χ1) is 9.50. The molecule has 0 spiro atoms. The number of nitrogens with zero attached hydrogens (tertiary/aromatic N) is 1. The number of likely N-dealkylation sites (tertiary alicyclic amines) is 1.